The zero-order valence-electron chi connectivity index (χ0n) is 15.4. The van der Waals surface area contributed by atoms with Gasteiger partial charge in [-0.1, -0.05) is 18.2 Å². The van der Waals surface area contributed by atoms with Crippen LogP contribution in [0, 0.1) is 13.8 Å². The Morgan fingerprint density at radius 3 is 2.11 bits per heavy atom. The molecule has 0 heterocycles. The van der Waals surface area contributed by atoms with E-state index in [-0.39, 0.29) is 21.6 Å². The third kappa shape index (κ3) is 5.73. The van der Waals surface area contributed by atoms with Crippen LogP contribution >= 0.6 is 11.8 Å². The number of anilines is 1. The first-order valence-electron chi connectivity index (χ1n) is 8.08. The number of halogens is 3. The number of carbonyl (C=O) groups is 1. The number of likely N-dealkylation sites (N-methyl/N-ethyl adjacent to an activating group) is 1. The predicted molar refractivity (Wildman–Crippen MR) is 103 cm³/mol. The number of thioether (sulfide) groups is 1. The van der Waals surface area contributed by atoms with Gasteiger partial charge in [0.25, 0.3) is 0 Å². The molecule has 152 valence electrons. The van der Waals surface area contributed by atoms with Crippen molar-refractivity contribution in [2.75, 3.05) is 18.9 Å². The van der Waals surface area contributed by atoms with Gasteiger partial charge < -0.3 is 5.32 Å². The number of carbonyl (C=O) groups excluding carboxylic acids is 1. The molecule has 1 N–H and O–H groups in total. The number of hydrogen-bond acceptors (Lipinski definition) is 4. The van der Waals surface area contributed by atoms with Gasteiger partial charge >= 0.3 is 5.51 Å². The first-order chi connectivity index (χ1) is 12.9. The maximum Gasteiger partial charge on any atom is 0.446 e. The summed E-state index contributed by atoms with van der Waals surface area (Å²) in [4.78, 5) is 12.0. The first kappa shape index (κ1) is 22.3. The molecule has 0 unspecified atom stereocenters. The predicted octanol–water partition coefficient (Wildman–Crippen LogP) is 4.17. The van der Waals surface area contributed by atoms with Crippen molar-refractivity contribution in [3.8, 4) is 0 Å². The van der Waals surface area contributed by atoms with E-state index in [9.17, 15) is 26.4 Å². The summed E-state index contributed by atoms with van der Waals surface area (Å²) < 4.78 is 63.1. The molecule has 28 heavy (non-hydrogen) atoms. The largest absolute Gasteiger partial charge is 0.446 e. The van der Waals surface area contributed by atoms with E-state index in [1.54, 1.807) is 0 Å². The molecule has 0 spiro atoms. The summed E-state index contributed by atoms with van der Waals surface area (Å²) in [5.74, 6) is -0.521. The number of benzene rings is 2. The number of rotatable bonds is 6. The van der Waals surface area contributed by atoms with E-state index in [1.165, 1.54) is 7.05 Å². The standard InChI is InChI=1S/C18H19F3N2O3S2/c1-12-5-4-6-13(2)17(12)22-16(24)11-23(3)28(25,26)15-9-7-14(8-10-15)27-18(19,20)21/h4-10H,11H2,1-3H3,(H,22,24). The van der Waals surface area contributed by atoms with Crippen molar-refractivity contribution in [2.45, 2.75) is 29.1 Å². The SMILES string of the molecule is Cc1cccc(C)c1NC(=O)CN(C)S(=O)(=O)c1ccc(SC(F)(F)F)cc1. The van der Waals surface area contributed by atoms with E-state index in [0.717, 1.165) is 39.7 Å². The Morgan fingerprint density at radius 2 is 1.61 bits per heavy atom. The molecule has 2 aromatic carbocycles. The third-order valence-corrected chi connectivity index (χ3v) is 6.43. The average molecular weight is 432 g/mol. The summed E-state index contributed by atoms with van der Waals surface area (Å²) in [5, 5.41) is 2.69. The number of amides is 1. The van der Waals surface area contributed by atoms with Crippen molar-refractivity contribution in [1.82, 2.24) is 4.31 Å². The second-order valence-corrected chi connectivity index (χ2v) is 9.28. The van der Waals surface area contributed by atoms with Crippen molar-refractivity contribution in [3.63, 3.8) is 0 Å². The second kappa shape index (κ2) is 8.54. The monoisotopic (exact) mass is 432 g/mol. The Morgan fingerprint density at radius 1 is 1.07 bits per heavy atom. The molecule has 0 aromatic heterocycles. The van der Waals surface area contributed by atoms with Gasteiger partial charge in [0.2, 0.25) is 15.9 Å². The summed E-state index contributed by atoms with van der Waals surface area (Å²) in [6.07, 6.45) is 0. The molecule has 0 aliphatic carbocycles. The molecule has 0 saturated heterocycles. The molecule has 5 nitrogen and oxygen atoms in total. The lowest BCUT2D eigenvalue weighted by Gasteiger charge is -2.18. The minimum absolute atomic E-state index is 0.123. The van der Waals surface area contributed by atoms with Crippen LogP contribution in [-0.2, 0) is 14.8 Å². The fourth-order valence-electron chi connectivity index (χ4n) is 2.47. The highest BCUT2D eigenvalue weighted by atomic mass is 32.2. The van der Waals surface area contributed by atoms with Crippen LogP contribution in [0.4, 0.5) is 18.9 Å². The van der Waals surface area contributed by atoms with Gasteiger partial charge in [0.05, 0.1) is 11.4 Å². The average Bonchev–Trinajstić information content (AvgIpc) is 2.57. The number of aryl methyl sites for hydroxylation is 2. The number of alkyl halides is 3. The van der Waals surface area contributed by atoms with Crippen molar-refractivity contribution in [1.29, 1.82) is 0 Å². The Labute approximate surface area is 166 Å². The molecule has 2 aromatic rings. The molecule has 0 radical (unpaired) electrons. The van der Waals surface area contributed by atoms with Crippen LogP contribution in [0.2, 0.25) is 0 Å². The summed E-state index contributed by atoms with van der Waals surface area (Å²) in [5.41, 5.74) is -2.15. The Bertz CT molecular complexity index is 939. The van der Waals surface area contributed by atoms with Crippen molar-refractivity contribution < 1.29 is 26.4 Å². The van der Waals surface area contributed by atoms with Crippen LogP contribution < -0.4 is 5.32 Å². The minimum atomic E-state index is -4.46. The molecule has 1 amide bonds. The van der Waals surface area contributed by atoms with Gasteiger partial charge in [-0.3, -0.25) is 4.79 Å². The molecule has 0 bridgehead atoms. The first-order valence-corrected chi connectivity index (χ1v) is 10.3. The van der Waals surface area contributed by atoms with E-state index in [2.05, 4.69) is 5.32 Å². The van der Waals surface area contributed by atoms with Gasteiger partial charge in [-0.2, -0.15) is 17.5 Å². The number of nitrogens with zero attached hydrogens (tertiary/aromatic N) is 1. The molecule has 2 rings (SSSR count). The maximum atomic E-state index is 12.6. The van der Waals surface area contributed by atoms with Gasteiger partial charge in [-0.05, 0) is 61.0 Å². The fraction of sp³-hybridized carbons (Fsp3) is 0.278. The molecule has 0 saturated carbocycles. The van der Waals surface area contributed by atoms with Gasteiger partial charge in [0.15, 0.2) is 0 Å². The van der Waals surface area contributed by atoms with Crippen LogP contribution in [0.25, 0.3) is 0 Å². The van der Waals surface area contributed by atoms with E-state index in [1.807, 2.05) is 32.0 Å². The summed E-state index contributed by atoms with van der Waals surface area (Å²) in [6, 6.07) is 9.82. The lowest BCUT2D eigenvalue weighted by atomic mass is 10.1. The molecular formula is C18H19F3N2O3S2. The van der Waals surface area contributed by atoms with E-state index >= 15 is 0 Å². The van der Waals surface area contributed by atoms with Crippen LogP contribution in [0.5, 0.6) is 0 Å². The minimum Gasteiger partial charge on any atom is -0.324 e. The van der Waals surface area contributed by atoms with Crippen LogP contribution in [0.1, 0.15) is 11.1 Å². The number of sulfonamides is 1. The molecule has 10 heteroatoms. The Balaban J connectivity index is 2.10. The van der Waals surface area contributed by atoms with E-state index < -0.39 is 28.0 Å². The Kier molecular flexibility index (Phi) is 6.79. The van der Waals surface area contributed by atoms with Crippen molar-refractivity contribution >= 4 is 33.4 Å². The molecule has 0 aliphatic heterocycles. The fourth-order valence-corrected chi connectivity index (χ4v) is 4.14. The lowest BCUT2D eigenvalue weighted by Crippen LogP contribution is -2.35. The Hall–Kier alpha value is -2.04. The van der Waals surface area contributed by atoms with Crippen LogP contribution in [-0.4, -0.2) is 37.7 Å². The number of para-hydroxylation sites is 1. The molecule has 0 aliphatic rings. The van der Waals surface area contributed by atoms with E-state index in [4.69, 9.17) is 0 Å². The summed E-state index contributed by atoms with van der Waals surface area (Å²) in [6.45, 7) is 3.21. The number of nitrogens with one attached hydrogen (secondary N) is 1. The normalized spacial score (nSPS) is 12.2. The zero-order valence-corrected chi connectivity index (χ0v) is 17.0. The smallest absolute Gasteiger partial charge is 0.324 e. The molecule has 0 atom stereocenters. The van der Waals surface area contributed by atoms with Crippen LogP contribution in [0.3, 0.4) is 0 Å². The summed E-state index contributed by atoms with van der Waals surface area (Å²) >= 11 is -0.330. The highest BCUT2D eigenvalue weighted by Gasteiger charge is 2.29. The summed E-state index contributed by atoms with van der Waals surface area (Å²) in [7, 11) is -2.79. The highest BCUT2D eigenvalue weighted by Crippen LogP contribution is 2.37. The highest BCUT2D eigenvalue weighted by molar-refractivity contribution is 8.00. The van der Waals surface area contributed by atoms with Gasteiger partial charge in [0.1, 0.15) is 0 Å². The number of hydrogen-bond donors (Lipinski definition) is 1. The lowest BCUT2D eigenvalue weighted by molar-refractivity contribution is -0.116. The molecule has 0 fully saturated rings. The van der Waals surface area contributed by atoms with Crippen molar-refractivity contribution in [3.05, 3.63) is 53.6 Å². The van der Waals surface area contributed by atoms with Gasteiger partial charge in [-0.25, -0.2) is 8.42 Å². The topological polar surface area (TPSA) is 66.5 Å². The zero-order chi connectivity index (χ0) is 21.1. The quantitative estimate of drug-likeness (QED) is 0.696. The van der Waals surface area contributed by atoms with E-state index in [0.29, 0.717) is 5.69 Å². The third-order valence-electron chi connectivity index (χ3n) is 3.88. The van der Waals surface area contributed by atoms with Crippen LogP contribution in [0.15, 0.2) is 52.3 Å². The van der Waals surface area contributed by atoms with Crippen molar-refractivity contribution in [2.24, 2.45) is 0 Å². The maximum absolute atomic E-state index is 12.6. The molecular weight excluding hydrogens is 413 g/mol. The second-order valence-electron chi connectivity index (χ2n) is 6.10. The van der Waals surface area contributed by atoms with Gasteiger partial charge in [-0.15, -0.1) is 0 Å². The van der Waals surface area contributed by atoms with Gasteiger partial charge in [0, 0.05) is 17.6 Å².